The number of hydrogen-bond acceptors (Lipinski definition) is 4. The van der Waals surface area contributed by atoms with Gasteiger partial charge in [0.15, 0.2) is 0 Å². The lowest BCUT2D eigenvalue weighted by molar-refractivity contribution is -0.385. The molecule has 19 heavy (non-hydrogen) atoms. The molecule has 1 rings (SSSR count). The lowest BCUT2D eigenvalue weighted by Crippen LogP contribution is -2.20. The van der Waals surface area contributed by atoms with E-state index in [1.165, 1.54) is 6.07 Å². The van der Waals surface area contributed by atoms with E-state index in [1.54, 1.807) is 12.1 Å². The van der Waals surface area contributed by atoms with Crippen molar-refractivity contribution in [3.63, 3.8) is 0 Å². The van der Waals surface area contributed by atoms with Crippen molar-refractivity contribution >= 4 is 17.3 Å². The van der Waals surface area contributed by atoms with Gasteiger partial charge in [0.2, 0.25) is 0 Å². The minimum absolute atomic E-state index is 0.0481. The fraction of sp³-hybridized carbons (Fsp3) is 0.538. The van der Waals surface area contributed by atoms with Crippen molar-refractivity contribution in [1.29, 1.82) is 0 Å². The number of halogens is 1. The molecule has 1 N–H and O–H groups in total. The van der Waals surface area contributed by atoms with Gasteiger partial charge < -0.3 is 10.1 Å². The van der Waals surface area contributed by atoms with Crippen LogP contribution in [-0.4, -0.2) is 24.7 Å². The highest BCUT2D eigenvalue weighted by Crippen LogP contribution is 2.25. The molecule has 0 bridgehead atoms. The fourth-order valence-electron chi connectivity index (χ4n) is 1.60. The van der Waals surface area contributed by atoms with E-state index in [-0.39, 0.29) is 5.69 Å². The lowest BCUT2D eigenvalue weighted by Gasteiger charge is -2.08. The Kier molecular flexibility index (Phi) is 7.40. The van der Waals surface area contributed by atoms with Crippen LogP contribution in [0.25, 0.3) is 0 Å². The molecule has 0 unspecified atom stereocenters. The number of hydrogen-bond donors (Lipinski definition) is 1. The molecule has 0 aliphatic carbocycles. The van der Waals surface area contributed by atoms with Crippen LogP contribution in [0.3, 0.4) is 0 Å². The summed E-state index contributed by atoms with van der Waals surface area (Å²) < 4.78 is 5.39. The van der Waals surface area contributed by atoms with Gasteiger partial charge in [0.05, 0.1) is 22.1 Å². The van der Waals surface area contributed by atoms with E-state index in [0.29, 0.717) is 30.3 Å². The lowest BCUT2D eigenvalue weighted by atomic mass is 10.2. The largest absolute Gasteiger partial charge is 0.380 e. The van der Waals surface area contributed by atoms with Crippen LogP contribution < -0.4 is 5.32 Å². The molecule has 1 aromatic carbocycles. The van der Waals surface area contributed by atoms with Crippen molar-refractivity contribution in [3.05, 3.63) is 38.9 Å². The van der Waals surface area contributed by atoms with Gasteiger partial charge in [-0.3, -0.25) is 10.1 Å². The molecule has 0 saturated heterocycles. The van der Waals surface area contributed by atoms with Crippen molar-refractivity contribution in [3.8, 4) is 0 Å². The molecular formula is C13H19ClN2O3. The second kappa shape index (κ2) is 8.85. The van der Waals surface area contributed by atoms with Crippen LogP contribution in [0.1, 0.15) is 25.3 Å². The summed E-state index contributed by atoms with van der Waals surface area (Å²) in [6, 6.07) is 4.70. The third kappa shape index (κ3) is 5.55. The smallest absolute Gasteiger partial charge is 0.275 e. The highest BCUT2D eigenvalue weighted by Gasteiger charge is 2.15. The zero-order valence-electron chi connectivity index (χ0n) is 11.0. The number of nitrogens with one attached hydrogen (secondary N) is 1. The van der Waals surface area contributed by atoms with Crippen LogP contribution in [0.2, 0.25) is 5.02 Å². The summed E-state index contributed by atoms with van der Waals surface area (Å²) in [5.74, 6) is 0. The SMILES string of the molecule is CCCCOCCNCc1c(Cl)cccc1[N+](=O)[O-]. The van der Waals surface area contributed by atoms with Crippen molar-refractivity contribution in [2.45, 2.75) is 26.3 Å². The number of benzene rings is 1. The monoisotopic (exact) mass is 286 g/mol. The Balaban J connectivity index is 2.38. The predicted octanol–water partition coefficient (Wildman–Crippen LogP) is 3.15. The van der Waals surface area contributed by atoms with E-state index in [1.807, 2.05) is 0 Å². The Hall–Kier alpha value is -1.17. The second-order valence-electron chi connectivity index (χ2n) is 4.14. The number of nitro groups is 1. The number of rotatable bonds is 9. The first-order valence-corrected chi connectivity index (χ1v) is 6.74. The highest BCUT2D eigenvalue weighted by atomic mass is 35.5. The van der Waals surface area contributed by atoms with Crippen LogP contribution >= 0.6 is 11.6 Å². The fourth-order valence-corrected chi connectivity index (χ4v) is 1.84. The summed E-state index contributed by atoms with van der Waals surface area (Å²) in [6.45, 7) is 4.47. The van der Waals surface area contributed by atoms with E-state index in [9.17, 15) is 10.1 Å². The molecule has 0 atom stereocenters. The van der Waals surface area contributed by atoms with Crippen LogP contribution in [0.4, 0.5) is 5.69 Å². The predicted molar refractivity (Wildman–Crippen MR) is 75.5 cm³/mol. The summed E-state index contributed by atoms with van der Waals surface area (Å²) in [7, 11) is 0. The van der Waals surface area contributed by atoms with Crippen LogP contribution in [0.15, 0.2) is 18.2 Å². The van der Waals surface area contributed by atoms with E-state index >= 15 is 0 Å². The molecule has 0 aromatic heterocycles. The average molecular weight is 287 g/mol. The molecule has 0 aliphatic rings. The Morgan fingerprint density at radius 3 is 2.89 bits per heavy atom. The maximum Gasteiger partial charge on any atom is 0.275 e. The Morgan fingerprint density at radius 2 is 2.21 bits per heavy atom. The van der Waals surface area contributed by atoms with Crippen molar-refractivity contribution in [2.75, 3.05) is 19.8 Å². The van der Waals surface area contributed by atoms with Gasteiger partial charge in [0.25, 0.3) is 5.69 Å². The van der Waals surface area contributed by atoms with Crippen molar-refractivity contribution in [1.82, 2.24) is 5.32 Å². The van der Waals surface area contributed by atoms with Gasteiger partial charge in [-0.15, -0.1) is 0 Å². The molecule has 0 radical (unpaired) electrons. The summed E-state index contributed by atoms with van der Waals surface area (Å²) >= 11 is 5.98. The quantitative estimate of drug-likeness (QED) is 0.430. The maximum absolute atomic E-state index is 10.9. The van der Waals surface area contributed by atoms with Crippen LogP contribution in [0.5, 0.6) is 0 Å². The van der Waals surface area contributed by atoms with Gasteiger partial charge in [-0.25, -0.2) is 0 Å². The Bertz CT molecular complexity index is 413. The van der Waals surface area contributed by atoms with E-state index < -0.39 is 4.92 Å². The van der Waals surface area contributed by atoms with Crippen LogP contribution in [-0.2, 0) is 11.3 Å². The van der Waals surface area contributed by atoms with Gasteiger partial charge in [0, 0.05) is 25.8 Å². The van der Waals surface area contributed by atoms with Gasteiger partial charge in [-0.1, -0.05) is 31.0 Å². The number of nitrogens with zero attached hydrogens (tertiary/aromatic N) is 1. The van der Waals surface area contributed by atoms with Gasteiger partial charge in [-0.2, -0.15) is 0 Å². The summed E-state index contributed by atoms with van der Waals surface area (Å²) in [5, 5.41) is 14.4. The van der Waals surface area contributed by atoms with Crippen molar-refractivity contribution in [2.24, 2.45) is 0 Å². The zero-order chi connectivity index (χ0) is 14.1. The van der Waals surface area contributed by atoms with Gasteiger partial charge in [0.1, 0.15) is 0 Å². The summed E-state index contributed by atoms with van der Waals surface area (Å²) in [6.07, 6.45) is 2.16. The highest BCUT2D eigenvalue weighted by molar-refractivity contribution is 6.31. The molecular weight excluding hydrogens is 268 g/mol. The standard InChI is InChI=1S/C13H19ClN2O3/c1-2-3-8-19-9-7-15-10-11-12(14)5-4-6-13(11)16(17)18/h4-6,15H,2-3,7-10H2,1H3. The average Bonchev–Trinajstić information content (AvgIpc) is 2.39. The minimum Gasteiger partial charge on any atom is -0.380 e. The Labute approximate surface area is 118 Å². The molecule has 5 nitrogen and oxygen atoms in total. The third-order valence-electron chi connectivity index (χ3n) is 2.66. The van der Waals surface area contributed by atoms with Crippen molar-refractivity contribution < 1.29 is 9.66 Å². The normalized spacial score (nSPS) is 10.6. The van der Waals surface area contributed by atoms with E-state index in [2.05, 4.69) is 12.2 Å². The first kappa shape index (κ1) is 15.9. The molecule has 0 aliphatic heterocycles. The molecule has 0 saturated carbocycles. The summed E-state index contributed by atoms with van der Waals surface area (Å²) in [5.41, 5.74) is 0.564. The maximum atomic E-state index is 10.9. The minimum atomic E-state index is -0.416. The number of nitro benzene ring substituents is 1. The zero-order valence-corrected chi connectivity index (χ0v) is 11.8. The van der Waals surface area contributed by atoms with Gasteiger partial charge >= 0.3 is 0 Å². The first-order chi connectivity index (χ1) is 9.16. The van der Waals surface area contributed by atoms with Gasteiger partial charge in [-0.05, 0) is 12.5 Å². The Morgan fingerprint density at radius 1 is 1.42 bits per heavy atom. The molecule has 0 fully saturated rings. The van der Waals surface area contributed by atoms with Crippen LogP contribution in [0, 0.1) is 10.1 Å². The second-order valence-corrected chi connectivity index (χ2v) is 4.54. The third-order valence-corrected chi connectivity index (χ3v) is 3.01. The number of unbranched alkanes of at least 4 members (excludes halogenated alkanes) is 1. The number of ether oxygens (including phenoxy) is 1. The van der Waals surface area contributed by atoms with E-state index in [0.717, 1.165) is 19.4 Å². The molecule has 0 amide bonds. The molecule has 0 heterocycles. The topological polar surface area (TPSA) is 64.4 Å². The molecule has 106 valence electrons. The van der Waals surface area contributed by atoms with E-state index in [4.69, 9.17) is 16.3 Å². The molecule has 6 heteroatoms. The first-order valence-electron chi connectivity index (χ1n) is 6.37. The summed E-state index contributed by atoms with van der Waals surface area (Å²) in [4.78, 5) is 10.5. The molecule has 1 aromatic rings. The molecule has 0 spiro atoms.